The molecule has 0 fully saturated rings. The van der Waals surface area contributed by atoms with E-state index in [0.717, 1.165) is 22.0 Å². The number of ether oxygens (including phenoxy) is 1. The van der Waals surface area contributed by atoms with Crippen LogP contribution in [0.3, 0.4) is 0 Å². The lowest BCUT2D eigenvalue weighted by atomic mass is 10.2. The molecule has 0 amide bonds. The van der Waals surface area contributed by atoms with E-state index in [0.29, 0.717) is 6.61 Å². The lowest BCUT2D eigenvalue weighted by Gasteiger charge is -2.03. The molecule has 0 unspecified atom stereocenters. The van der Waals surface area contributed by atoms with Crippen molar-refractivity contribution >= 4 is 11.6 Å². The molecular formula is C16H13ClN2O. The number of benzene rings is 2. The van der Waals surface area contributed by atoms with Crippen LogP contribution in [0.15, 0.2) is 67.0 Å². The fraction of sp³-hybridized carbons (Fsp3) is 0.0625. The summed E-state index contributed by atoms with van der Waals surface area (Å²) in [7, 11) is 0. The SMILES string of the molecule is Clc1ccc(COc2cnn(-c3ccccc3)c2)cc1. The average molecular weight is 285 g/mol. The van der Waals surface area contributed by atoms with E-state index in [1.807, 2.05) is 60.8 Å². The molecule has 0 aliphatic heterocycles. The molecular weight excluding hydrogens is 272 g/mol. The molecule has 0 radical (unpaired) electrons. The van der Waals surface area contributed by atoms with E-state index in [2.05, 4.69) is 5.10 Å². The Hall–Kier alpha value is -2.26. The number of rotatable bonds is 4. The summed E-state index contributed by atoms with van der Waals surface area (Å²) in [4.78, 5) is 0. The topological polar surface area (TPSA) is 27.1 Å². The Morgan fingerprint density at radius 3 is 2.50 bits per heavy atom. The van der Waals surface area contributed by atoms with E-state index in [1.165, 1.54) is 0 Å². The molecule has 2 aromatic carbocycles. The second-order valence-corrected chi connectivity index (χ2v) is 4.81. The summed E-state index contributed by atoms with van der Waals surface area (Å²) in [5.74, 6) is 0.740. The third-order valence-corrected chi connectivity index (χ3v) is 3.15. The molecule has 100 valence electrons. The van der Waals surface area contributed by atoms with Crippen molar-refractivity contribution in [1.29, 1.82) is 0 Å². The van der Waals surface area contributed by atoms with Gasteiger partial charge in [-0.3, -0.25) is 0 Å². The Morgan fingerprint density at radius 1 is 1.00 bits per heavy atom. The summed E-state index contributed by atoms with van der Waals surface area (Å²) in [6.45, 7) is 0.498. The Bertz CT molecular complexity index is 677. The molecule has 20 heavy (non-hydrogen) atoms. The van der Waals surface area contributed by atoms with Crippen LogP contribution in [0.25, 0.3) is 5.69 Å². The predicted octanol–water partition coefficient (Wildman–Crippen LogP) is 4.10. The summed E-state index contributed by atoms with van der Waals surface area (Å²) in [5.41, 5.74) is 2.08. The third kappa shape index (κ3) is 3.00. The van der Waals surface area contributed by atoms with Crippen molar-refractivity contribution in [2.75, 3.05) is 0 Å². The van der Waals surface area contributed by atoms with Gasteiger partial charge in [0.1, 0.15) is 6.61 Å². The average Bonchev–Trinajstić information content (AvgIpc) is 2.97. The van der Waals surface area contributed by atoms with E-state index >= 15 is 0 Å². The van der Waals surface area contributed by atoms with Gasteiger partial charge in [0.2, 0.25) is 0 Å². The van der Waals surface area contributed by atoms with Gasteiger partial charge in [-0.1, -0.05) is 41.9 Å². The highest BCUT2D eigenvalue weighted by Crippen LogP contribution is 2.16. The Kier molecular flexibility index (Phi) is 3.70. The van der Waals surface area contributed by atoms with Gasteiger partial charge >= 0.3 is 0 Å². The first-order valence-corrected chi connectivity index (χ1v) is 6.66. The Morgan fingerprint density at radius 2 is 1.75 bits per heavy atom. The largest absolute Gasteiger partial charge is 0.486 e. The van der Waals surface area contributed by atoms with E-state index < -0.39 is 0 Å². The minimum absolute atomic E-state index is 0.498. The monoisotopic (exact) mass is 284 g/mol. The standard InChI is InChI=1S/C16H13ClN2O/c17-14-8-6-13(7-9-14)12-20-16-10-18-19(11-16)15-4-2-1-3-5-15/h1-11H,12H2. The number of hydrogen-bond donors (Lipinski definition) is 0. The van der Waals surface area contributed by atoms with Crippen LogP contribution < -0.4 is 4.74 Å². The summed E-state index contributed by atoms with van der Waals surface area (Å²) in [6.07, 6.45) is 3.58. The van der Waals surface area contributed by atoms with Crippen LogP contribution in [-0.2, 0) is 6.61 Å². The maximum absolute atomic E-state index is 5.85. The molecule has 0 aliphatic carbocycles. The van der Waals surface area contributed by atoms with Gasteiger partial charge in [-0.25, -0.2) is 4.68 Å². The zero-order valence-corrected chi connectivity index (χ0v) is 11.5. The summed E-state index contributed by atoms with van der Waals surface area (Å²) < 4.78 is 7.50. The van der Waals surface area contributed by atoms with Crippen LogP contribution in [0.5, 0.6) is 5.75 Å². The Labute approximate surface area is 122 Å². The van der Waals surface area contributed by atoms with Gasteiger partial charge in [0, 0.05) is 5.02 Å². The molecule has 3 rings (SSSR count). The summed E-state index contributed by atoms with van der Waals surface area (Å²) in [6, 6.07) is 17.5. The highest BCUT2D eigenvalue weighted by molar-refractivity contribution is 6.30. The molecule has 0 atom stereocenters. The van der Waals surface area contributed by atoms with Crippen LogP contribution in [0.4, 0.5) is 0 Å². The zero-order valence-electron chi connectivity index (χ0n) is 10.7. The van der Waals surface area contributed by atoms with Crippen molar-refractivity contribution in [1.82, 2.24) is 9.78 Å². The number of para-hydroxylation sites is 1. The van der Waals surface area contributed by atoms with E-state index in [1.54, 1.807) is 10.9 Å². The van der Waals surface area contributed by atoms with Crippen LogP contribution >= 0.6 is 11.6 Å². The quantitative estimate of drug-likeness (QED) is 0.721. The molecule has 3 aromatic rings. The third-order valence-electron chi connectivity index (χ3n) is 2.90. The maximum Gasteiger partial charge on any atom is 0.158 e. The van der Waals surface area contributed by atoms with Gasteiger partial charge in [0.05, 0.1) is 18.1 Å². The minimum atomic E-state index is 0.498. The number of hydrogen-bond acceptors (Lipinski definition) is 2. The lowest BCUT2D eigenvalue weighted by Crippen LogP contribution is -1.95. The van der Waals surface area contributed by atoms with Gasteiger partial charge in [-0.05, 0) is 29.8 Å². The van der Waals surface area contributed by atoms with E-state index in [4.69, 9.17) is 16.3 Å². The van der Waals surface area contributed by atoms with Gasteiger partial charge in [0.15, 0.2) is 5.75 Å². The van der Waals surface area contributed by atoms with Gasteiger partial charge in [0.25, 0.3) is 0 Å². The molecule has 1 heterocycles. The van der Waals surface area contributed by atoms with Gasteiger partial charge in [-0.2, -0.15) is 5.10 Å². The van der Waals surface area contributed by atoms with Crippen molar-refractivity contribution < 1.29 is 4.74 Å². The van der Waals surface area contributed by atoms with Crippen molar-refractivity contribution in [3.63, 3.8) is 0 Å². The van der Waals surface area contributed by atoms with Crippen LogP contribution in [0, 0.1) is 0 Å². The molecule has 0 aliphatic rings. The zero-order chi connectivity index (χ0) is 13.8. The molecule has 4 heteroatoms. The first-order chi connectivity index (χ1) is 9.81. The smallest absolute Gasteiger partial charge is 0.158 e. The number of aromatic nitrogens is 2. The molecule has 0 bridgehead atoms. The number of halogens is 1. The maximum atomic E-state index is 5.85. The highest BCUT2D eigenvalue weighted by Gasteiger charge is 2.02. The fourth-order valence-electron chi connectivity index (χ4n) is 1.85. The molecule has 3 nitrogen and oxygen atoms in total. The summed E-state index contributed by atoms with van der Waals surface area (Å²) in [5, 5.41) is 5.01. The minimum Gasteiger partial charge on any atom is -0.486 e. The first-order valence-electron chi connectivity index (χ1n) is 6.28. The van der Waals surface area contributed by atoms with Crippen LogP contribution in [-0.4, -0.2) is 9.78 Å². The van der Waals surface area contributed by atoms with Gasteiger partial charge < -0.3 is 4.74 Å². The van der Waals surface area contributed by atoms with Crippen molar-refractivity contribution in [2.45, 2.75) is 6.61 Å². The van der Waals surface area contributed by atoms with Crippen molar-refractivity contribution in [3.05, 3.63) is 77.6 Å². The second kappa shape index (κ2) is 5.80. The lowest BCUT2D eigenvalue weighted by molar-refractivity contribution is 0.306. The van der Waals surface area contributed by atoms with Crippen LogP contribution in [0.1, 0.15) is 5.56 Å². The molecule has 0 N–H and O–H groups in total. The first kappa shape index (κ1) is 12.8. The predicted molar refractivity (Wildman–Crippen MR) is 79.3 cm³/mol. The molecule has 0 spiro atoms. The fourth-order valence-corrected chi connectivity index (χ4v) is 1.98. The van der Waals surface area contributed by atoms with Crippen LogP contribution in [0.2, 0.25) is 5.02 Å². The van der Waals surface area contributed by atoms with E-state index in [9.17, 15) is 0 Å². The number of nitrogens with zero attached hydrogens (tertiary/aromatic N) is 2. The van der Waals surface area contributed by atoms with Crippen molar-refractivity contribution in [2.24, 2.45) is 0 Å². The second-order valence-electron chi connectivity index (χ2n) is 4.37. The Balaban J connectivity index is 1.67. The molecule has 1 aromatic heterocycles. The summed E-state index contributed by atoms with van der Waals surface area (Å²) >= 11 is 5.85. The molecule has 0 saturated carbocycles. The normalized spacial score (nSPS) is 10.4. The van der Waals surface area contributed by atoms with Gasteiger partial charge in [-0.15, -0.1) is 0 Å². The van der Waals surface area contributed by atoms with Crippen molar-refractivity contribution in [3.8, 4) is 11.4 Å². The molecule has 0 saturated heterocycles. The highest BCUT2D eigenvalue weighted by atomic mass is 35.5. The van der Waals surface area contributed by atoms with E-state index in [-0.39, 0.29) is 0 Å².